The third kappa shape index (κ3) is 0.499. The van der Waals surface area contributed by atoms with E-state index < -0.39 is 0 Å². The molecule has 0 spiro atoms. The minimum absolute atomic E-state index is 0.238. The van der Waals surface area contributed by atoms with Crippen LogP contribution in [0.3, 0.4) is 0 Å². The van der Waals surface area contributed by atoms with Gasteiger partial charge in [0.25, 0.3) is 0 Å². The first-order valence-electron chi connectivity index (χ1n) is 1.02. The first-order valence-corrected chi connectivity index (χ1v) is 3.65. The second kappa shape index (κ2) is 0.762. The molecule has 1 heterocycles. The molecular formula is C2HClGe. The third-order valence-corrected chi connectivity index (χ3v) is 2.45. The Balaban J connectivity index is 2.75. The van der Waals surface area contributed by atoms with Gasteiger partial charge in [-0.15, -0.1) is 0 Å². The number of hydrogen-bond donors (Lipinski definition) is 0. The Morgan fingerprint density at radius 2 is 2.25 bits per heavy atom. The van der Waals surface area contributed by atoms with Crippen LogP contribution in [0.1, 0.15) is 0 Å². The van der Waals surface area contributed by atoms with Gasteiger partial charge in [-0.3, -0.25) is 0 Å². The van der Waals surface area contributed by atoms with E-state index in [1.807, 2.05) is 0 Å². The average Bonchev–Trinajstić information content (AvgIpc) is 1.75. The van der Waals surface area contributed by atoms with E-state index in [0.717, 1.165) is 3.81 Å². The van der Waals surface area contributed by atoms with Crippen LogP contribution >= 0.6 is 11.6 Å². The molecule has 4 heavy (non-hydrogen) atoms. The van der Waals surface area contributed by atoms with Crippen molar-refractivity contribution in [3.05, 3.63) is 0 Å². The van der Waals surface area contributed by atoms with E-state index in [0.29, 0.717) is 0 Å². The van der Waals surface area contributed by atoms with Crippen LogP contribution < -0.4 is 0 Å². The fourth-order valence-electron chi connectivity index (χ4n) is 0.0273. The summed E-state index contributed by atoms with van der Waals surface area (Å²) in [6.45, 7) is 0. The summed E-state index contributed by atoms with van der Waals surface area (Å²) in [6.07, 6.45) is 0. The second-order valence-electron chi connectivity index (χ2n) is 0.637. The van der Waals surface area contributed by atoms with Crippen molar-refractivity contribution in [2.75, 3.05) is 0 Å². The number of hydrogen-bond acceptors (Lipinski definition) is 0. The van der Waals surface area contributed by atoms with Crippen molar-refractivity contribution in [3.8, 4) is 0 Å². The van der Waals surface area contributed by atoms with Crippen LogP contribution in [0.4, 0.5) is 0 Å². The molecule has 1 aliphatic heterocycles. The maximum absolute atomic E-state index is 5.30. The van der Waals surface area contributed by atoms with Gasteiger partial charge in [0.1, 0.15) is 0 Å². The molecule has 1 rings (SSSR count). The Morgan fingerprint density at radius 3 is 2.25 bits per heavy atom. The van der Waals surface area contributed by atoms with Gasteiger partial charge < -0.3 is 0 Å². The summed E-state index contributed by atoms with van der Waals surface area (Å²) < 4.78 is 1.14. The molecule has 0 saturated carbocycles. The molecule has 0 saturated heterocycles. The van der Waals surface area contributed by atoms with Crippen molar-refractivity contribution in [1.29, 1.82) is 0 Å². The van der Waals surface area contributed by atoms with Crippen molar-refractivity contribution < 1.29 is 0 Å². The zero-order chi connectivity index (χ0) is 2.99. The van der Waals surface area contributed by atoms with Gasteiger partial charge in [-0.1, -0.05) is 0 Å². The van der Waals surface area contributed by atoms with Gasteiger partial charge in [0.2, 0.25) is 0 Å². The predicted octanol–water partition coefficient (Wildman–Crippen LogP) is -0.125. The number of halogens is 1. The second-order valence-corrected chi connectivity index (χ2v) is 4.05. The van der Waals surface area contributed by atoms with Gasteiger partial charge in [-0.25, -0.2) is 0 Å². The summed E-state index contributed by atoms with van der Waals surface area (Å²) >= 11 is 5.54. The zero-order valence-electron chi connectivity index (χ0n) is 1.96. The van der Waals surface area contributed by atoms with Crippen LogP contribution in [0, 0.1) is 0 Å². The molecule has 0 radical (unpaired) electrons. The molecule has 0 bridgehead atoms. The first-order chi connectivity index (χ1) is 1.89. The van der Waals surface area contributed by atoms with Crippen LogP contribution in [-0.2, 0) is 0 Å². The molecule has 0 aromatic rings. The van der Waals surface area contributed by atoms with Gasteiger partial charge in [-0.05, 0) is 0 Å². The van der Waals surface area contributed by atoms with E-state index in [2.05, 4.69) is 4.85 Å². The van der Waals surface area contributed by atoms with Crippen molar-refractivity contribution >= 4 is 34.8 Å². The fourth-order valence-corrected chi connectivity index (χ4v) is 0.425. The Bertz CT molecular complexity index is 88.2. The van der Waals surface area contributed by atoms with Crippen molar-refractivity contribution in [1.82, 2.24) is 0 Å². The van der Waals surface area contributed by atoms with Gasteiger partial charge >= 0.3 is 34.8 Å². The Hall–Kier alpha value is 0.573. The molecule has 2 heteroatoms. The SMILES string of the molecule is Cl[C]1=[Ge]=[CH]1. The van der Waals surface area contributed by atoms with Crippen LogP contribution in [0.15, 0.2) is 0 Å². The van der Waals surface area contributed by atoms with E-state index in [9.17, 15) is 0 Å². The van der Waals surface area contributed by atoms with Gasteiger partial charge in [0, 0.05) is 0 Å². The monoisotopic (exact) mass is 134 g/mol. The topological polar surface area (TPSA) is 0 Å². The Morgan fingerprint density at radius 1 is 2.00 bits per heavy atom. The van der Waals surface area contributed by atoms with Crippen molar-refractivity contribution in [2.45, 2.75) is 0 Å². The maximum atomic E-state index is 5.30. The normalized spacial score (nSPS) is 15.8. The quantitative estimate of drug-likeness (QED) is 0.404. The molecule has 0 fully saturated rings. The molecule has 0 atom stereocenters. The average molecular weight is 133 g/mol. The summed E-state index contributed by atoms with van der Waals surface area (Å²) in [5.74, 6) is 0. The standard InChI is InChI=1S/C2HClGe/c3-2-1-4-2/h1H. The molecule has 0 nitrogen and oxygen atoms in total. The van der Waals surface area contributed by atoms with Gasteiger partial charge in [0.05, 0.1) is 0 Å². The molecule has 0 unspecified atom stereocenters. The van der Waals surface area contributed by atoms with Crippen LogP contribution in [0.25, 0.3) is 0 Å². The summed E-state index contributed by atoms with van der Waals surface area (Å²) in [5.41, 5.74) is 0. The van der Waals surface area contributed by atoms with Gasteiger partial charge in [-0.2, -0.15) is 0 Å². The van der Waals surface area contributed by atoms with Crippen LogP contribution in [0.2, 0.25) is 0 Å². The van der Waals surface area contributed by atoms with E-state index in [1.54, 1.807) is 0 Å². The summed E-state index contributed by atoms with van der Waals surface area (Å²) in [5, 5.41) is 0. The molecule has 0 aromatic carbocycles. The van der Waals surface area contributed by atoms with Crippen LogP contribution in [-0.4, -0.2) is 23.2 Å². The molecule has 1 aliphatic rings. The third-order valence-electron chi connectivity index (χ3n) is 0.253. The van der Waals surface area contributed by atoms with Crippen molar-refractivity contribution in [3.63, 3.8) is 0 Å². The molecule has 0 amide bonds. The van der Waals surface area contributed by atoms with Crippen molar-refractivity contribution in [2.24, 2.45) is 0 Å². The van der Waals surface area contributed by atoms with Crippen LogP contribution in [0.5, 0.6) is 0 Å². The summed E-state index contributed by atoms with van der Waals surface area (Å²) in [7, 11) is 0. The Kier molecular flexibility index (Phi) is 0.531. The van der Waals surface area contributed by atoms with E-state index in [-0.39, 0.29) is 14.6 Å². The summed E-state index contributed by atoms with van der Waals surface area (Å²) in [6, 6.07) is 0. The molecule has 0 aliphatic carbocycles. The van der Waals surface area contributed by atoms with E-state index in [1.165, 1.54) is 0 Å². The molecule has 0 N–H and O–H groups in total. The predicted molar refractivity (Wildman–Crippen MR) is 22.7 cm³/mol. The first kappa shape index (κ1) is 2.79. The molecule has 20 valence electrons. The Labute approximate surface area is 35.3 Å². The zero-order valence-corrected chi connectivity index (χ0v) is 4.81. The van der Waals surface area contributed by atoms with E-state index in [4.69, 9.17) is 11.6 Å². The van der Waals surface area contributed by atoms with Gasteiger partial charge in [0.15, 0.2) is 0 Å². The fraction of sp³-hybridized carbons (Fsp3) is 0. The summed E-state index contributed by atoms with van der Waals surface area (Å²) in [4.78, 5) is 2.10. The molecule has 0 aromatic heterocycles. The minimum atomic E-state index is 0.238. The number of rotatable bonds is 0. The molecular weight excluding hydrogens is 132 g/mol. The van der Waals surface area contributed by atoms with E-state index >= 15 is 0 Å².